The Labute approximate surface area is 120 Å². The molecule has 0 spiro atoms. The minimum Gasteiger partial charge on any atom is -0.467 e. The molecule has 0 radical (unpaired) electrons. The quantitative estimate of drug-likeness (QED) is 0.645. The first-order chi connectivity index (χ1) is 9.66. The monoisotopic (exact) mass is 271 g/mol. The van der Waals surface area contributed by atoms with Gasteiger partial charge in [0.15, 0.2) is 6.79 Å². The van der Waals surface area contributed by atoms with Crippen molar-refractivity contribution >= 4 is 0 Å². The van der Waals surface area contributed by atoms with Gasteiger partial charge in [-0.1, -0.05) is 48.0 Å². The predicted octanol–water partition coefficient (Wildman–Crippen LogP) is 3.57. The fourth-order valence-electron chi connectivity index (χ4n) is 1.99. The lowest BCUT2D eigenvalue weighted by molar-refractivity contribution is 0.00440. The molecule has 1 atom stereocenters. The number of hydrogen-bond donors (Lipinski definition) is 1. The van der Waals surface area contributed by atoms with Crippen LogP contribution >= 0.6 is 0 Å². The lowest BCUT2D eigenvalue weighted by Crippen LogP contribution is -2.10. The third kappa shape index (κ3) is 4.08. The number of aryl methyl sites for hydroxylation is 1. The summed E-state index contributed by atoms with van der Waals surface area (Å²) in [5, 5.41) is 0. The van der Waals surface area contributed by atoms with Crippen LogP contribution in [0.1, 0.15) is 29.7 Å². The maximum atomic E-state index is 5.96. The van der Waals surface area contributed by atoms with Crippen molar-refractivity contribution in [1.29, 1.82) is 0 Å². The second-order valence-corrected chi connectivity index (χ2v) is 4.93. The molecule has 0 bridgehead atoms. The van der Waals surface area contributed by atoms with Crippen molar-refractivity contribution in [1.82, 2.24) is 0 Å². The molecule has 0 aliphatic carbocycles. The molecule has 0 aliphatic heterocycles. The van der Waals surface area contributed by atoms with Crippen molar-refractivity contribution < 1.29 is 9.47 Å². The van der Waals surface area contributed by atoms with Crippen LogP contribution in [0.3, 0.4) is 0 Å². The van der Waals surface area contributed by atoms with E-state index in [-0.39, 0.29) is 12.8 Å². The van der Waals surface area contributed by atoms with E-state index in [2.05, 4.69) is 6.07 Å². The van der Waals surface area contributed by atoms with Gasteiger partial charge in [-0.25, -0.2) is 0 Å². The van der Waals surface area contributed by atoms with Crippen molar-refractivity contribution in [3.05, 3.63) is 65.2 Å². The third-order valence-electron chi connectivity index (χ3n) is 3.07. The van der Waals surface area contributed by atoms with Crippen LogP contribution in [0.15, 0.2) is 48.5 Å². The Hall–Kier alpha value is -1.84. The zero-order valence-electron chi connectivity index (χ0n) is 12.0. The lowest BCUT2D eigenvalue weighted by atomic mass is 10.1. The van der Waals surface area contributed by atoms with Crippen molar-refractivity contribution in [3.63, 3.8) is 0 Å². The minimum absolute atomic E-state index is 0.0565. The molecular formula is C17H21NO2. The molecule has 0 amide bonds. The highest BCUT2D eigenvalue weighted by molar-refractivity contribution is 5.38. The van der Waals surface area contributed by atoms with Crippen molar-refractivity contribution in [2.24, 2.45) is 5.73 Å². The third-order valence-corrected chi connectivity index (χ3v) is 3.07. The van der Waals surface area contributed by atoms with E-state index >= 15 is 0 Å². The first-order valence-electron chi connectivity index (χ1n) is 6.77. The molecule has 0 saturated carbocycles. The van der Waals surface area contributed by atoms with E-state index in [4.69, 9.17) is 15.2 Å². The molecule has 20 heavy (non-hydrogen) atoms. The Balaban J connectivity index is 1.88. The minimum atomic E-state index is -0.0565. The smallest absolute Gasteiger partial charge is 0.189 e. The molecule has 3 nitrogen and oxygen atoms in total. The van der Waals surface area contributed by atoms with Crippen LogP contribution in [-0.2, 0) is 11.3 Å². The first kappa shape index (κ1) is 14.6. The van der Waals surface area contributed by atoms with Crippen molar-refractivity contribution in [2.45, 2.75) is 26.5 Å². The highest BCUT2D eigenvalue weighted by Gasteiger charge is 2.08. The number of hydrogen-bond acceptors (Lipinski definition) is 3. The average molecular weight is 271 g/mol. The van der Waals surface area contributed by atoms with E-state index in [0.717, 1.165) is 16.9 Å². The van der Waals surface area contributed by atoms with Crippen molar-refractivity contribution in [2.75, 3.05) is 6.79 Å². The molecular weight excluding hydrogens is 250 g/mol. The number of nitrogens with two attached hydrogens (primary N) is 1. The summed E-state index contributed by atoms with van der Waals surface area (Å²) in [5.74, 6) is 0.790. The summed E-state index contributed by atoms with van der Waals surface area (Å²) in [6.07, 6.45) is 0. The van der Waals surface area contributed by atoms with Gasteiger partial charge in [0, 0.05) is 11.6 Å². The summed E-state index contributed by atoms with van der Waals surface area (Å²) in [5.41, 5.74) is 9.27. The molecule has 0 aromatic heterocycles. The molecule has 0 unspecified atom stereocenters. The highest BCUT2D eigenvalue weighted by atomic mass is 16.7. The largest absolute Gasteiger partial charge is 0.467 e. The normalized spacial score (nSPS) is 12.2. The van der Waals surface area contributed by atoms with E-state index in [1.165, 1.54) is 5.56 Å². The van der Waals surface area contributed by atoms with E-state index in [1.807, 2.05) is 56.3 Å². The first-order valence-corrected chi connectivity index (χ1v) is 6.77. The Morgan fingerprint density at radius 3 is 2.55 bits per heavy atom. The fourth-order valence-corrected chi connectivity index (χ4v) is 1.99. The van der Waals surface area contributed by atoms with Gasteiger partial charge in [-0.05, 0) is 25.5 Å². The standard InChI is InChI=1S/C17H21NO2/c1-13-8-9-17(16(10-13)14(2)18)20-12-19-11-15-6-4-3-5-7-15/h3-10,14H,11-12,18H2,1-2H3/t14-/m0/s1. The number of ether oxygens (including phenoxy) is 2. The molecule has 106 valence electrons. The van der Waals surface area contributed by atoms with Gasteiger partial charge < -0.3 is 15.2 Å². The second-order valence-electron chi connectivity index (χ2n) is 4.93. The van der Waals surface area contributed by atoms with Gasteiger partial charge >= 0.3 is 0 Å². The van der Waals surface area contributed by atoms with Crippen LogP contribution in [0.25, 0.3) is 0 Å². The Morgan fingerprint density at radius 1 is 1.10 bits per heavy atom. The molecule has 3 heteroatoms. The van der Waals surface area contributed by atoms with E-state index in [1.54, 1.807) is 0 Å². The van der Waals surface area contributed by atoms with Gasteiger partial charge in [-0.15, -0.1) is 0 Å². The Morgan fingerprint density at radius 2 is 1.85 bits per heavy atom. The summed E-state index contributed by atoms with van der Waals surface area (Å²) in [7, 11) is 0. The molecule has 0 fully saturated rings. The molecule has 2 aromatic rings. The maximum absolute atomic E-state index is 5.96. The molecule has 2 rings (SSSR count). The second kappa shape index (κ2) is 7.08. The zero-order chi connectivity index (χ0) is 14.4. The molecule has 0 aliphatic rings. The predicted molar refractivity (Wildman–Crippen MR) is 80.5 cm³/mol. The van der Waals surface area contributed by atoms with Crippen LogP contribution in [0, 0.1) is 6.92 Å². The zero-order valence-corrected chi connectivity index (χ0v) is 12.0. The average Bonchev–Trinajstić information content (AvgIpc) is 2.45. The van der Waals surface area contributed by atoms with Gasteiger partial charge in [0.2, 0.25) is 0 Å². The summed E-state index contributed by atoms with van der Waals surface area (Å²) in [6, 6.07) is 16.0. The van der Waals surface area contributed by atoms with Crippen LogP contribution < -0.4 is 10.5 Å². The van der Waals surface area contributed by atoms with E-state index < -0.39 is 0 Å². The molecule has 2 N–H and O–H groups in total. The summed E-state index contributed by atoms with van der Waals surface area (Å²) in [4.78, 5) is 0. The van der Waals surface area contributed by atoms with Gasteiger partial charge in [0.25, 0.3) is 0 Å². The van der Waals surface area contributed by atoms with Crippen LogP contribution in [0.4, 0.5) is 0 Å². The van der Waals surface area contributed by atoms with Crippen LogP contribution in [-0.4, -0.2) is 6.79 Å². The van der Waals surface area contributed by atoms with E-state index in [0.29, 0.717) is 6.61 Å². The number of benzene rings is 2. The maximum Gasteiger partial charge on any atom is 0.189 e. The molecule has 2 aromatic carbocycles. The van der Waals surface area contributed by atoms with E-state index in [9.17, 15) is 0 Å². The van der Waals surface area contributed by atoms with Gasteiger partial charge in [-0.3, -0.25) is 0 Å². The number of rotatable bonds is 6. The summed E-state index contributed by atoms with van der Waals surface area (Å²) in [6.45, 7) is 4.76. The Bertz CT molecular complexity index is 538. The topological polar surface area (TPSA) is 44.5 Å². The van der Waals surface area contributed by atoms with Gasteiger partial charge in [-0.2, -0.15) is 0 Å². The van der Waals surface area contributed by atoms with Gasteiger partial charge in [0.1, 0.15) is 5.75 Å². The van der Waals surface area contributed by atoms with Crippen molar-refractivity contribution in [3.8, 4) is 5.75 Å². The molecule has 0 saturated heterocycles. The lowest BCUT2D eigenvalue weighted by Gasteiger charge is -2.15. The Kier molecular flexibility index (Phi) is 5.16. The fraction of sp³-hybridized carbons (Fsp3) is 0.294. The summed E-state index contributed by atoms with van der Waals surface area (Å²) < 4.78 is 11.2. The summed E-state index contributed by atoms with van der Waals surface area (Å²) >= 11 is 0. The molecule has 0 heterocycles. The SMILES string of the molecule is Cc1ccc(OCOCc2ccccc2)c([C@H](C)N)c1. The van der Waals surface area contributed by atoms with Gasteiger partial charge in [0.05, 0.1) is 6.61 Å². The van der Waals surface area contributed by atoms with Crippen LogP contribution in [0.5, 0.6) is 5.75 Å². The highest BCUT2D eigenvalue weighted by Crippen LogP contribution is 2.25. The van der Waals surface area contributed by atoms with Crippen LogP contribution in [0.2, 0.25) is 0 Å².